The van der Waals surface area contributed by atoms with Crippen LogP contribution in [0.3, 0.4) is 0 Å². The number of benzene rings is 1. The van der Waals surface area contributed by atoms with E-state index in [1.165, 1.54) is 22.3 Å². The maximum atomic E-state index is 12.5. The van der Waals surface area contributed by atoms with Crippen LogP contribution in [0.1, 0.15) is 35.6 Å². The third-order valence-corrected chi connectivity index (χ3v) is 5.37. The number of methoxy groups -OCH3 is 1. The number of furan rings is 1. The number of ether oxygens (including phenoxy) is 1. The summed E-state index contributed by atoms with van der Waals surface area (Å²) in [5.41, 5.74) is 6.03. The van der Waals surface area contributed by atoms with E-state index < -0.39 is 0 Å². The number of nitrogens with one attached hydrogen (secondary N) is 1. The van der Waals surface area contributed by atoms with Gasteiger partial charge in [-0.05, 0) is 73.4 Å². The molecule has 1 aliphatic rings. The number of rotatable bonds is 4. The highest BCUT2D eigenvalue weighted by atomic mass is 16.5. The lowest BCUT2D eigenvalue weighted by molar-refractivity contribution is -0.121. The third kappa shape index (κ3) is 3.05. The summed E-state index contributed by atoms with van der Waals surface area (Å²) in [6.07, 6.45) is 6.12. The van der Waals surface area contributed by atoms with Crippen LogP contribution in [-0.4, -0.2) is 13.0 Å². The Balaban J connectivity index is 1.79. The molecule has 1 aromatic heterocycles. The van der Waals surface area contributed by atoms with Crippen molar-refractivity contribution in [1.29, 1.82) is 0 Å². The Kier molecular flexibility index (Phi) is 4.65. The molecule has 1 aliphatic carbocycles. The predicted molar refractivity (Wildman–Crippen MR) is 94.5 cm³/mol. The van der Waals surface area contributed by atoms with Crippen LogP contribution >= 0.6 is 0 Å². The van der Waals surface area contributed by atoms with Crippen LogP contribution < -0.4 is 10.1 Å². The molecule has 24 heavy (non-hydrogen) atoms. The Bertz CT molecular complexity index is 734. The van der Waals surface area contributed by atoms with Gasteiger partial charge in [0.05, 0.1) is 19.1 Å². The molecule has 0 aliphatic heterocycles. The molecule has 1 amide bonds. The molecule has 4 nitrogen and oxygen atoms in total. The SMILES string of the molecule is COc1cc(C)c2c(c1C)C[C@H]([C@H](C)C(=O)Nc1ccoc1)CC2. The van der Waals surface area contributed by atoms with Crippen molar-refractivity contribution in [3.8, 4) is 5.75 Å². The Labute approximate surface area is 143 Å². The van der Waals surface area contributed by atoms with E-state index in [1.54, 1.807) is 25.7 Å². The molecule has 4 heteroatoms. The Morgan fingerprint density at radius 2 is 2.17 bits per heavy atom. The van der Waals surface area contributed by atoms with Crippen LogP contribution in [0.2, 0.25) is 0 Å². The molecule has 1 aromatic carbocycles. The van der Waals surface area contributed by atoms with Gasteiger partial charge in [-0.25, -0.2) is 0 Å². The molecule has 0 saturated heterocycles. The van der Waals surface area contributed by atoms with Gasteiger partial charge in [0.1, 0.15) is 12.0 Å². The normalized spacial score (nSPS) is 17.9. The Hall–Kier alpha value is -2.23. The first-order chi connectivity index (χ1) is 11.5. The molecule has 1 heterocycles. The number of anilines is 1. The van der Waals surface area contributed by atoms with E-state index in [4.69, 9.17) is 9.15 Å². The van der Waals surface area contributed by atoms with E-state index in [2.05, 4.69) is 25.2 Å². The summed E-state index contributed by atoms with van der Waals surface area (Å²) >= 11 is 0. The van der Waals surface area contributed by atoms with Gasteiger partial charge < -0.3 is 14.5 Å². The fraction of sp³-hybridized carbons (Fsp3) is 0.450. The summed E-state index contributed by atoms with van der Waals surface area (Å²) in [5, 5.41) is 2.93. The van der Waals surface area contributed by atoms with Crippen molar-refractivity contribution in [3.63, 3.8) is 0 Å². The minimum Gasteiger partial charge on any atom is -0.496 e. The molecule has 1 N–H and O–H groups in total. The van der Waals surface area contributed by atoms with Gasteiger partial charge in [0.25, 0.3) is 0 Å². The van der Waals surface area contributed by atoms with Crippen LogP contribution in [0.4, 0.5) is 5.69 Å². The number of carbonyl (C=O) groups excluding carboxylic acids is 1. The lowest BCUT2D eigenvalue weighted by Crippen LogP contribution is -2.31. The predicted octanol–water partition coefficient (Wildman–Crippen LogP) is 4.28. The van der Waals surface area contributed by atoms with E-state index in [1.807, 2.05) is 6.92 Å². The monoisotopic (exact) mass is 327 g/mol. The molecular formula is C20H25NO3. The van der Waals surface area contributed by atoms with Crippen LogP contribution in [-0.2, 0) is 17.6 Å². The summed E-state index contributed by atoms with van der Waals surface area (Å²) in [4.78, 5) is 12.5. The molecule has 0 radical (unpaired) electrons. The van der Waals surface area contributed by atoms with Crippen molar-refractivity contribution in [2.24, 2.45) is 11.8 Å². The summed E-state index contributed by atoms with van der Waals surface area (Å²) in [6, 6.07) is 3.89. The largest absolute Gasteiger partial charge is 0.496 e. The van der Waals surface area contributed by atoms with Crippen molar-refractivity contribution in [3.05, 3.63) is 46.9 Å². The van der Waals surface area contributed by atoms with Crippen LogP contribution in [0.25, 0.3) is 0 Å². The molecule has 0 unspecified atom stereocenters. The van der Waals surface area contributed by atoms with E-state index in [9.17, 15) is 4.79 Å². The fourth-order valence-electron chi connectivity index (χ4n) is 3.77. The van der Waals surface area contributed by atoms with E-state index >= 15 is 0 Å². The molecule has 0 saturated carbocycles. The number of aryl methyl sites for hydroxylation is 1. The molecule has 0 bridgehead atoms. The molecule has 0 spiro atoms. The van der Waals surface area contributed by atoms with Crippen molar-refractivity contribution in [2.45, 2.75) is 40.0 Å². The highest BCUT2D eigenvalue weighted by Crippen LogP contribution is 2.37. The molecule has 2 aromatic rings. The van der Waals surface area contributed by atoms with Gasteiger partial charge in [-0.3, -0.25) is 4.79 Å². The van der Waals surface area contributed by atoms with Crippen molar-refractivity contribution in [2.75, 3.05) is 12.4 Å². The fourth-order valence-corrected chi connectivity index (χ4v) is 3.77. The first kappa shape index (κ1) is 16.6. The Morgan fingerprint density at radius 3 is 2.83 bits per heavy atom. The number of hydrogen-bond donors (Lipinski definition) is 1. The standard InChI is InChI=1S/C20H25NO3/c1-12-9-19(23-4)14(3)18-10-15(5-6-17(12)18)13(2)20(22)21-16-7-8-24-11-16/h7-9,11,13,15H,5-6,10H2,1-4H3,(H,21,22)/t13-,15+/m0/s1. The highest BCUT2D eigenvalue weighted by molar-refractivity contribution is 5.92. The maximum Gasteiger partial charge on any atom is 0.227 e. The lowest BCUT2D eigenvalue weighted by Gasteiger charge is -2.31. The summed E-state index contributed by atoms with van der Waals surface area (Å²) in [5.74, 6) is 1.30. The summed E-state index contributed by atoms with van der Waals surface area (Å²) < 4.78 is 10.5. The average Bonchev–Trinajstić information content (AvgIpc) is 3.09. The molecule has 2 atom stereocenters. The highest BCUT2D eigenvalue weighted by Gasteiger charge is 2.30. The summed E-state index contributed by atoms with van der Waals surface area (Å²) in [6.45, 7) is 6.29. The second kappa shape index (κ2) is 6.71. The first-order valence-corrected chi connectivity index (χ1v) is 8.50. The first-order valence-electron chi connectivity index (χ1n) is 8.50. The van der Waals surface area contributed by atoms with Crippen LogP contribution in [0, 0.1) is 25.7 Å². The molecule has 128 valence electrons. The van der Waals surface area contributed by atoms with E-state index in [0.717, 1.165) is 30.7 Å². The van der Waals surface area contributed by atoms with Gasteiger partial charge in [0.15, 0.2) is 0 Å². The van der Waals surface area contributed by atoms with Gasteiger partial charge in [0, 0.05) is 5.92 Å². The van der Waals surface area contributed by atoms with Crippen molar-refractivity contribution in [1.82, 2.24) is 0 Å². The van der Waals surface area contributed by atoms with Gasteiger partial charge in [-0.2, -0.15) is 0 Å². The average molecular weight is 327 g/mol. The maximum absolute atomic E-state index is 12.5. The third-order valence-electron chi connectivity index (χ3n) is 5.37. The molecular weight excluding hydrogens is 302 g/mol. The van der Waals surface area contributed by atoms with E-state index in [0.29, 0.717) is 5.92 Å². The second-order valence-corrected chi connectivity index (χ2v) is 6.77. The summed E-state index contributed by atoms with van der Waals surface area (Å²) in [7, 11) is 1.72. The zero-order valence-corrected chi connectivity index (χ0v) is 14.8. The van der Waals surface area contributed by atoms with Gasteiger partial charge in [-0.15, -0.1) is 0 Å². The minimum absolute atomic E-state index is 0.0426. The van der Waals surface area contributed by atoms with Crippen LogP contribution in [0.15, 0.2) is 29.1 Å². The smallest absolute Gasteiger partial charge is 0.227 e. The van der Waals surface area contributed by atoms with Gasteiger partial charge in [0.2, 0.25) is 5.91 Å². The van der Waals surface area contributed by atoms with Crippen LogP contribution in [0.5, 0.6) is 5.75 Å². The molecule has 0 fully saturated rings. The lowest BCUT2D eigenvalue weighted by atomic mass is 9.74. The molecule has 3 rings (SSSR count). The number of amides is 1. The van der Waals surface area contributed by atoms with Crippen molar-refractivity contribution < 1.29 is 13.9 Å². The zero-order chi connectivity index (χ0) is 17.3. The second-order valence-electron chi connectivity index (χ2n) is 6.77. The van der Waals surface area contributed by atoms with Gasteiger partial charge in [-0.1, -0.05) is 6.92 Å². The number of hydrogen-bond acceptors (Lipinski definition) is 3. The van der Waals surface area contributed by atoms with E-state index in [-0.39, 0.29) is 11.8 Å². The number of carbonyl (C=O) groups is 1. The van der Waals surface area contributed by atoms with Crippen molar-refractivity contribution >= 4 is 11.6 Å². The Morgan fingerprint density at radius 1 is 1.38 bits per heavy atom. The topological polar surface area (TPSA) is 51.5 Å². The zero-order valence-electron chi connectivity index (χ0n) is 14.8. The number of fused-ring (bicyclic) bond motifs is 1. The van der Waals surface area contributed by atoms with Gasteiger partial charge >= 0.3 is 0 Å². The quantitative estimate of drug-likeness (QED) is 0.911. The minimum atomic E-state index is -0.0426.